The Balaban J connectivity index is 2.46. The van der Waals surface area contributed by atoms with Gasteiger partial charge in [-0.25, -0.2) is 10.4 Å². The van der Waals surface area contributed by atoms with Gasteiger partial charge in [0.2, 0.25) is 0 Å². The van der Waals surface area contributed by atoms with Gasteiger partial charge in [0.15, 0.2) is 0 Å². The van der Waals surface area contributed by atoms with Crippen LogP contribution in [0, 0.1) is 0 Å². The van der Waals surface area contributed by atoms with Gasteiger partial charge in [-0.3, -0.25) is 0 Å². The molecular formula is C14H34N6. The second-order valence-corrected chi connectivity index (χ2v) is 5.49. The molecule has 0 unspecified atom stereocenters. The van der Waals surface area contributed by atoms with E-state index in [-0.39, 0.29) is 0 Å². The Morgan fingerprint density at radius 2 is 1.50 bits per heavy atom. The Labute approximate surface area is 124 Å². The van der Waals surface area contributed by atoms with E-state index in [1.807, 2.05) is 0 Å². The van der Waals surface area contributed by atoms with Crippen LogP contribution in [-0.4, -0.2) is 36.3 Å². The number of hydrogen-bond donors (Lipinski definition) is 4. The van der Waals surface area contributed by atoms with Crippen LogP contribution in [0.3, 0.4) is 0 Å². The van der Waals surface area contributed by atoms with Gasteiger partial charge in [-0.05, 0) is 25.7 Å². The Kier molecular flexibility index (Phi) is 11.1. The molecule has 0 bridgehead atoms. The second-order valence-electron chi connectivity index (χ2n) is 5.49. The zero-order valence-electron chi connectivity index (χ0n) is 13.4. The number of rotatable bonds is 4. The molecule has 0 radical (unpaired) electrons. The summed E-state index contributed by atoms with van der Waals surface area (Å²) < 4.78 is 0. The van der Waals surface area contributed by atoms with Crippen molar-refractivity contribution in [1.29, 1.82) is 0 Å². The summed E-state index contributed by atoms with van der Waals surface area (Å²) in [6, 6.07) is 0. The maximum absolute atomic E-state index is 3.25. The highest BCUT2D eigenvalue weighted by atomic mass is 15.9. The van der Waals surface area contributed by atoms with E-state index >= 15 is 0 Å². The molecule has 6 nitrogen and oxygen atoms in total. The van der Waals surface area contributed by atoms with Gasteiger partial charge in [0.25, 0.3) is 0 Å². The van der Waals surface area contributed by atoms with E-state index in [0.717, 1.165) is 32.6 Å². The summed E-state index contributed by atoms with van der Waals surface area (Å²) >= 11 is 0. The molecule has 0 amide bonds. The molecule has 0 aliphatic carbocycles. The third-order valence-electron chi connectivity index (χ3n) is 3.56. The predicted octanol–water partition coefficient (Wildman–Crippen LogP) is 1.70. The fourth-order valence-corrected chi connectivity index (χ4v) is 2.51. The van der Waals surface area contributed by atoms with Crippen LogP contribution in [0.15, 0.2) is 0 Å². The van der Waals surface area contributed by atoms with Gasteiger partial charge in [-0.2, -0.15) is 21.7 Å². The number of nitrogens with one attached hydrogen (secondary N) is 4. The molecule has 1 aliphatic heterocycles. The van der Waals surface area contributed by atoms with Crippen LogP contribution in [0.5, 0.6) is 0 Å². The van der Waals surface area contributed by atoms with Crippen LogP contribution < -0.4 is 22.0 Å². The van der Waals surface area contributed by atoms with Crippen molar-refractivity contribution in [3.05, 3.63) is 0 Å². The lowest BCUT2D eigenvalue weighted by molar-refractivity contribution is -0.0913. The molecule has 0 spiro atoms. The van der Waals surface area contributed by atoms with Gasteiger partial charge in [0.1, 0.15) is 0 Å². The third-order valence-corrected chi connectivity index (χ3v) is 3.56. The summed E-state index contributed by atoms with van der Waals surface area (Å²) in [5.74, 6) is 0. The van der Waals surface area contributed by atoms with E-state index in [1.165, 1.54) is 44.9 Å². The molecule has 1 rings (SSSR count). The van der Waals surface area contributed by atoms with Crippen LogP contribution in [0.25, 0.3) is 0 Å². The van der Waals surface area contributed by atoms with E-state index in [2.05, 4.69) is 46.0 Å². The minimum Gasteiger partial charge on any atom is -0.243 e. The van der Waals surface area contributed by atoms with Crippen LogP contribution >= 0.6 is 0 Å². The quantitative estimate of drug-likeness (QED) is 0.631. The molecule has 0 aromatic rings. The first kappa shape index (κ1) is 17.8. The summed E-state index contributed by atoms with van der Waals surface area (Å²) in [6.45, 7) is 8.69. The monoisotopic (exact) mass is 286 g/mol. The van der Waals surface area contributed by atoms with Crippen LogP contribution in [0.2, 0.25) is 0 Å². The zero-order chi connectivity index (χ0) is 14.5. The van der Waals surface area contributed by atoms with E-state index in [9.17, 15) is 0 Å². The van der Waals surface area contributed by atoms with Gasteiger partial charge in [0, 0.05) is 26.2 Å². The van der Waals surface area contributed by atoms with Gasteiger partial charge in [0.05, 0.1) is 0 Å². The van der Waals surface area contributed by atoms with Crippen molar-refractivity contribution in [2.75, 3.05) is 26.2 Å². The molecule has 0 aromatic carbocycles. The van der Waals surface area contributed by atoms with Gasteiger partial charge in [-0.15, -0.1) is 0 Å². The SMILES string of the molecule is CCCN1CCCCCCCCNNNNN1CCC. The van der Waals surface area contributed by atoms with E-state index in [1.54, 1.807) is 0 Å². The minimum absolute atomic E-state index is 1.00. The molecule has 1 fully saturated rings. The van der Waals surface area contributed by atoms with Crippen molar-refractivity contribution in [3.63, 3.8) is 0 Å². The number of hydrogen-bond acceptors (Lipinski definition) is 6. The van der Waals surface area contributed by atoms with Gasteiger partial charge < -0.3 is 0 Å². The lowest BCUT2D eigenvalue weighted by Gasteiger charge is -2.35. The van der Waals surface area contributed by atoms with Crippen molar-refractivity contribution in [2.45, 2.75) is 65.2 Å². The first-order valence-corrected chi connectivity index (χ1v) is 8.39. The van der Waals surface area contributed by atoms with Crippen LogP contribution in [0.4, 0.5) is 0 Å². The smallest absolute Gasteiger partial charge is 0.0302 e. The summed E-state index contributed by atoms with van der Waals surface area (Å²) in [5.41, 5.74) is 12.5. The topological polar surface area (TPSA) is 54.6 Å². The maximum atomic E-state index is 3.25. The first-order valence-electron chi connectivity index (χ1n) is 8.39. The zero-order valence-corrected chi connectivity index (χ0v) is 13.4. The third kappa shape index (κ3) is 8.14. The molecule has 6 heteroatoms. The molecule has 1 heterocycles. The van der Waals surface area contributed by atoms with Crippen molar-refractivity contribution in [3.8, 4) is 0 Å². The van der Waals surface area contributed by atoms with Crippen molar-refractivity contribution in [2.24, 2.45) is 0 Å². The summed E-state index contributed by atoms with van der Waals surface area (Å²) in [6.07, 6.45) is 10.2. The van der Waals surface area contributed by atoms with Crippen LogP contribution in [0.1, 0.15) is 65.2 Å². The fourth-order valence-electron chi connectivity index (χ4n) is 2.51. The molecule has 0 atom stereocenters. The fraction of sp³-hybridized carbons (Fsp3) is 1.00. The van der Waals surface area contributed by atoms with Crippen molar-refractivity contribution < 1.29 is 0 Å². The van der Waals surface area contributed by atoms with E-state index in [0.29, 0.717) is 0 Å². The van der Waals surface area contributed by atoms with Gasteiger partial charge >= 0.3 is 0 Å². The number of nitrogens with zero attached hydrogens (tertiary/aromatic N) is 2. The highest BCUT2D eigenvalue weighted by molar-refractivity contribution is 4.56. The predicted molar refractivity (Wildman–Crippen MR) is 84.0 cm³/mol. The van der Waals surface area contributed by atoms with E-state index in [4.69, 9.17) is 0 Å². The average Bonchev–Trinajstić information content (AvgIpc) is 2.45. The highest BCUT2D eigenvalue weighted by Crippen LogP contribution is 2.07. The summed E-state index contributed by atoms with van der Waals surface area (Å²) in [7, 11) is 0. The molecule has 0 aromatic heterocycles. The Morgan fingerprint density at radius 3 is 2.25 bits per heavy atom. The highest BCUT2D eigenvalue weighted by Gasteiger charge is 2.13. The standard InChI is InChI=1S/C14H34N6/c1-3-12-19-14-10-8-6-5-7-9-11-15-16-17-18-20(19)13-4-2/h15-18H,3-14H2,1-2H3. The molecular weight excluding hydrogens is 252 g/mol. The summed E-state index contributed by atoms with van der Waals surface area (Å²) in [5, 5.41) is 4.62. The maximum Gasteiger partial charge on any atom is 0.0302 e. The Bertz CT molecular complexity index is 192. The normalized spacial score (nSPS) is 22.5. The largest absolute Gasteiger partial charge is 0.243 e. The molecule has 20 heavy (non-hydrogen) atoms. The van der Waals surface area contributed by atoms with Crippen LogP contribution in [-0.2, 0) is 0 Å². The molecule has 1 aliphatic rings. The van der Waals surface area contributed by atoms with Crippen molar-refractivity contribution in [1.82, 2.24) is 32.2 Å². The lowest BCUT2D eigenvalue weighted by atomic mass is 10.1. The first-order chi connectivity index (χ1) is 9.88. The molecule has 1 saturated heterocycles. The van der Waals surface area contributed by atoms with E-state index < -0.39 is 0 Å². The Morgan fingerprint density at radius 1 is 0.800 bits per heavy atom. The second kappa shape index (κ2) is 12.5. The lowest BCUT2D eigenvalue weighted by Crippen LogP contribution is -2.62. The molecule has 120 valence electrons. The molecule has 0 saturated carbocycles. The van der Waals surface area contributed by atoms with Crippen molar-refractivity contribution >= 4 is 0 Å². The number of hydrazine groups is 5. The minimum atomic E-state index is 1.00. The Hall–Kier alpha value is -0.240. The van der Waals surface area contributed by atoms with Gasteiger partial charge in [-0.1, -0.05) is 39.5 Å². The average molecular weight is 286 g/mol. The summed E-state index contributed by atoms with van der Waals surface area (Å²) in [4.78, 5) is 0. The molecule has 4 N–H and O–H groups in total.